The number of sulfonamides is 1. The lowest BCUT2D eigenvalue weighted by Crippen LogP contribution is -2.42. The van der Waals surface area contributed by atoms with Gasteiger partial charge < -0.3 is 5.11 Å². The molecule has 5 heteroatoms. The fraction of sp³-hybridized carbons (Fsp3) is 1.00. The maximum absolute atomic E-state index is 11.5. The topological polar surface area (TPSA) is 57.6 Å². The van der Waals surface area contributed by atoms with E-state index in [9.17, 15) is 13.5 Å². The molecular formula is C8H17NO3S. The summed E-state index contributed by atoms with van der Waals surface area (Å²) >= 11 is 0. The van der Waals surface area contributed by atoms with Gasteiger partial charge in [-0.1, -0.05) is 6.92 Å². The largest absolute Gasteiger partial charge is 0.392 e. The van der Waals surface area contributed by atoms with Crippen LogP contribution in [0.2, 0.25) is 0 Å². The smallest absolute Gasteiger partial charge is 0.214 e. The van der Waals surface area contributed by atoms with Gasteiger partial charge in [-0.25, -0.2) is 8.42 Å². The molecule has 0 saturated carbocycles. The van der Waals surface area contributed by atoms with Crippen LogP contribution in [-0.4, -0.2) is 42.3 Å². The molecule has 0 amide bonds. The van der Waals surface area contributed by atoms with E-state index in [4.69, 9.17) is 0 Å². The van der Waals surface area contributed by atoms with Crippen LogP contribution in [0.15, 0.2) is 0 Å². The highest BCUT2D eigenvalue weighted by Crippen LogP contribution is 2.20. The van der Waals surface area contributed by atoms with Crippen molar-refractivity contribution in [2.75, 3.05) is 12.3 Å². The van der Waals surface area contributed by atoms with Crippen molar-refractivity contribution in [3.05, 3.63) is 0 Å². The van der Waals surface area contributed by atoms with Crippen molar-refractivity contribution in [1.29, 1.82) is 0 Å². The second kappa shape index (κ2) is 3.94. The molecule has 1 N–H and O–H groups in total. The van der Waals surface area contributed by atoms with Gasteiger partial charge in [0.15, 0.2) is 0 Å². The zero-order valence-corrected chi connectivity index (χ0v) is 8.92. The Kier molecular flexibility index (Phi) is 3.32. The molecule has 0 aromatic rings. The van der Waals surface area contributed by atoms with Crippen LogP contribution in [-0.2, 0) is 10.0 Å². The van der Waals surface area contributed by atoms with Crippen LogP contribution >= 0.6 is 0 Å². The summed E-state index contributed by atoms with van der Waals surface area (Å²) in [5, 5.41) is 9.40. The van der Waals surface area contributed by atoms with Crippen molar-refractivity contribution in [3.63, 3.8) is 0 Å². The molecule has 78 valence electrons. The first-order chi connectivity index (χ1) is 5.99. The van der Waals surface area contributed by atoms with Gasteiger partial charge in [0.1, 0.15) is 0 Å². The van der Waals surface area contributed by atoms with Gasteiger partial charge in [0.05, 0.1) is 17.9 Å². The maximum atomic E-state index is 11.5. The standard InChI is InChI=1S/C8H17NO3S/c1-3-8(7(2)10)9-5-4-6-13(9,11)12/h7-8,10H,3-6H2,1-2H3. The predicted octanol–water partition coefficient (Wildman–Crippen LogP) is 0.181. The summed E-state index contributed by atoms with van der Waals surface area (Å²) in [6.07, 6.45) is 0.764. The Bertz CT molecular complexity index is 261. The highest BCUT2D eigenvalue weighted by molar-refractivity contribution is 7.89. The van der Waals surface area contributed by atoms with E-state index in [0.29, 0.717) is 19.4 Å². The van der Waals surface area contributed by atoms with Crippen LogP contribution < -0.4 is 0 Å². The summed E-state index contributed by atoms with van der Waals surface area (Å²) < 4.78 is 24.4. The van der Waals surface area contributed by atoms with Crippen LogP contribution in [0.5, 0.6) is 0 Å². The molecular weight excluding hydrogens is 190 g/mol. The number of rotatable bonds is 3. The number of aliphatic hydroxyl groups is 1. The third-order valence-electron chi connectivity index (χ3n) is 2.48. The number of aliphatic hydroxyl groups excluding tert-OH is 1. The molecule has 13 heavy (non-hydrogen) atoms. The monoisotopic (exact) mass is 207 g/mol. The molecule has 2 unspecified atom stereocenters. The fourth-order valence-corrected chi connectivity index (χ4v) is 3.69. The number of nitrogens with zero attached hydrogens (tertiary/aromatic N) is 1. The Labute approximate surface area is 79.6 Å². The fourth-order valence-electron chi connectivity index (χ4n) is 1.82. The van der Waals surface area contributed by atoms with Crippen LogP contribution in [0.25, 0.3) is 0 Å². The van der Waals surface area contributed by atoms with Gasteiger partial charge in [0.2, 0.25) is 10.0 Å². The Morgan fingerprint density at radius 3 is 2.46 bits per heavy atom. The molecule has 1 heterocycles. The first-order valence-corrected chi connectivity index (χ1v) is 6.27. The van der Waals surface area contributed by atoms with Crippen molar-refractivity contribution >= 4 is 10.0 Å². The molecule has 0 radical (unpaired) electrons. The van der Waals surface area contributed by atoms with Crippen LogP contribution in [0.4, 0.5) is 0 Å². The summed E-state index contributed by atoms with van der Waals surface area (Å²) in [6.45, 7) is 4.10. The molecule has 1 rings (SSSR count). The van der Waals surface area contributed by atoms with E-state index in [1.165, 1.54) is 4.31 Å². The van der Waals surface area contributed by atoms with Gasteiger partial charge >= 0.3 is 0 Å². The van der Waals surface area contributed by atoms with E-state index in [1.807, 2.05) is 6.92 Å². The minimum atomic E-state index is -3.07. The van der Waals surface area contributed by atoms with Gasteiger partial charge in [-0.05, 0) is 19.8 Å². The summed E-state index contributed by atoms with van der Waals surface area (Å²) in [4.78, 5) is 0. The highest BCUT2D eigenvalue weighted by atomic mass is 32.2. The lowest BCUT2D eigenvalue weighted by Gasteiger charge is -2.27. The van der Waals surface area contributed by atoms with Crippen LogP contribution in [0.3, 0.4) is 0 Å². The Morgan fingerprint density at radius 1 is 1.54 bits per heavy atom. The maximum Gasteiger partial charge on any atom is 0.214 e. The second-order valence-electron chi connectivity index (χ2n) is 3.50. The van der Waals surface area contributed by atoms with E-state index in [0.717, 1.165) is 0 Å². The number of hydrogen-bond donors (Lipinski definition) is 1. The van der Waals surface area contributed by atoms with Gasteiger partial charge in [-0.15, -0.1) is 0 Å². The first-order valence-electron chi connectivity index (χ1n) is 4.66. The van der Waals surface area contributed by atoms with E-state index < -0.39 is 16.1 Å². The summed E-state index contributed by atoms with van der Waals surface area (Å²) in [5.41, 5.74) is 0. The average Bonchev–Trinajstić information content (AvgIpc) is 2.32. The summed E-state index contributed by atoms with van der Waals surface area (Å²) in [6, 6.07) is -0.243. The van der Waals surface area contributed by atoms with E-state index in [2.05, 4.69) is 0 Å². The highest BCUT2D eigenvalue weighted by Gasteiger charge is 2.35. The molecule has 1 saturated heterocycles. The van der Waals surface area contributed by atoms with E-state index in [-0.39, 0.29) is 11.8 Å². The molecule has 1 aliphatic heterocycles. The molecule has 0 aromatic carbocycles. The molecule has 0 aromatic heterocycles. The predicted molar refractivity (Wildman–Crippen MR) is 50.9 cm³/mol. The van der Waals surface area contributed by atoms with Crippen molar-refractivity contribution in [1.82, 2.24) is 4.31 Å². The Hall–Kier alpha value is -0.130. The Morgan fingerprint density at radius 2 is 2.15 bits per heavy atom. The van der Waals surface area contributed by atoms with Gasteiger partial charge in [0, 0.05) is 6.54 Å². The zero-order valence-electron chi connectivity index (χ0n) is 8.10. The average molecular weight is 207 g/mol. The third-order valence-corrected chi connectivity index (χ3v) is 4.46. The van der Waals surface area contributed by atoms with Crippen LogP contribution in [0.1, 0.15) is 26.7 Å². The van der Waals surface area contributed by atoms with Gasteiger partial charge in [-0.2, -0.15) is 4.31 Å². The summed E-state index contributed by atoms with van der Waals surface area (Å²) in [5.74, 6) is 0.232. The van der Waals surface area contributed by atoms with Crippen LogP contribution in [0, 0.1) is 0 Å². The first kappa shape index (κ1) is 10.9. The molecule has 1 aliphatic rings. The quantitative estimate of drug-likeness (QED) is 0.718. The summed E-state index contributed by atoms with van der Waals surface area (Å²) in [7, 11) is -3.07. The molecule has 0 aliphatic carbocycles. The molecule has 0 bridgehead atoms. The van der Waals surface area contributed by atoms with E-state index >= 15 is 0 Å². The minimum Gasteiger partial charge on any atom is -0.392 e. The van der Waals surface area contributed by atoms with Gasteiger partial charge in [-0.3, -0.25) is 0 Å². The number of hydrogen-bond acceptors (Lipinski definition) is 3. The zero-order chi connectivity index (χ0) is 10.1. The van der Waals surface area contributed by atoms with Crippen molar-refractivity contribution < 1.29 is 13.5 Å². The lowest BCUT2D eigenvalue weighted by atomic mass is 10.1. The van der Waals surface area contributed by atoms with Gasteiger partial charge in [0.25, 0.3) is 0 Å². The third kappa shape index (κ3) is 2.21. The normalized spacial score (nSPS) is 27.3. The molecule has 2 atom stereocenters. The van der Waals surface area contributed by atoms with Crippen molar-refractivity contribution in [2.45, 2.75) is 38.8 Å². The van der Waals surface area contributed by atoms with E-state index in [1.54, 1.807) is 6.92 Å². The second-order valence-corrected chi connectivity index (χ2v) is 5.54. The Balaban J connectivity index is 2.80. The molecule has 0 spiro atoms. The lowest BCUT2D eigenvalue weighted by molar-refractivity contribution is 0.106. The van der Waals surface area contributed by atoms with Crippen molar-refractivity contribution in [2.24, 2.45) is 0 Å². The SMILES string of the molecule is CCC(C(C)O)N1CCCS1(=O)=O. The minimum absolute atomic E-state index is 0.232. The molecule has 4 nitrogen and oxygen atoms in total. The molecule has 1 fully saturated rings. The van der Waals surface area contributed by atoms with Crippen molar-refractivity contribution in [3.8, 4) is 0 Å².